The van der Waals surface area contributed by atoms with Crippen LogP contribution >= 0.6 is 11.6 Å². The molecule has 24 heavy (non-hydrogen) atoms. The molecule has 0 radical (unpaired) electrons. The zero-order chi connectivity index (χ0) is 17.7. The molecule has 2 atom stereocenters. The van der Waals surface area contributed by atoms with Gasteiger partial charge in [0.15, 0.2) is 0 Å². The lowest BCUT2D eigenvalue weighted by Gasteiger charge is -2.40. The van der Waals surface area contributed by atoms with Crippen molar-refractivity contribution in [1.82, 2.24) is 15.1 Å². The standard InChI is InChI=1S/C19H30ClN3O/c1-14(2)13-21-19(24)16(4)23-11-9-22(10-12-23)15(3)17-7-5-6-8-18(17)20/h5-8,14-16H,9-13H2,1-4H3,(H,21,24). The number of hydrogen-bond donors (Lipinski definition) is 1. The summed E-state index contributed by atoms with van der Waals surface area (Å²) in [5, 5.41) is 3.86. The number of halogens is 1. The van der Waals surface area contributed by atoms with E-state index in [1.54, 1.807) is 0 Å². The normalized spacial score (nSPS) is 19.2. The number of nitrogens with one attached hydrogen (secondary N) is 1. The molecule has 1 amide bonds. The monoisotopic (exact) mass is 351 g/mol. The van der Waals surface area contributed by atoms with Gasteiger partial charge in [-0.25, -0.2) is 0 Å². The van der Waals surface area contributed by atoms with Gasteiger partial charge < -0.3 is 5.32 Å². The third-order valence-electron chi connectivity index (χ3n) is 4.86. The predicted molar refractivity (Wildman–Crippen MR) is 100 cm³/mol. The van der Waals surface area contributed by atoms with Crippen LogP contribution in [0, 0.1) is 5.92 Å². The fourth-order valence-corrected chi connectivity index (χ4v) is 3.43. The van der Waals surface area contributed by atoms with Crippen molar-refractivity contribution < 1.29 is 4.79 Å². The van der Waals surface area contributed by atoms with E-state index in [1.807, 2.05) is 25.1 Å². The molecule has 1 aromatic carbocycles. The van der Waals surface area contributed by atoms with E-state index in [2.05, 4.69) is 42.0 Å². The lowest BCUT2D eigenvalue weighted by molar-refractivity contribution is -0.126. The highest BCUT2D eigenvalue weighted by atomic mass is 35.5. The fourth-order valence-electron chi connectivity index (χ4n) is 3.14. The van der Waals surface area contributed by atoms with Crippen molar-refractivity contribution in [1.29, 1.82) is 0 Å². The Hall–Kier alpha value is -1.10. The van der Waals surface area contributed by atoms with E-state index in [1.165, 1.54) is 5.56 Å². The van der Waals surface area contributed by atoms with Gasteiger partial charge in [-0.2, -0.15) is 0 Å². The highest BCUT2D eigenvalue weighted by Gasteiger charge is 2.28. The molecule has 0 aromatic heterocycles. The Morgan fingerprint density at radius 1 is 1.08 bits per heavy atom. The van der Waals surface area contributed by atoms with Crippen molar-refractivity contribution in [3.05, 3.63) is 34.9 Å². The first-order chi connectivity index (χ1) is 11.4. The summed E-state index contributed by atoms with van der Waals surface area (Å²) in [5.41, 5.74) is 1.18. The summed E-state index contributed by atoms with van der Waals surface area (Å²) in [4.78, 5) is 17.0. The van der Waals surface area contributed by atoms with Crippen molar-refractivity contribution in [2.45, 2.75) is 39.8 Å². The molecule has 1 N–H and O–H groups in total. The molecule has 0 bridgehead atoms. The number of amides is 1. The SMILES string of the molecule is CC(C)CNC(=O)C(C)N1CCN(C(C)c2ccccc2Cl)CC1. The van der Waals surface area contributed by atoms with Gasteiger partial charge in [-0.3, -0.25) is 14.6 Å². The first kappa shape index (κ1) is 19.2. The number of rotatable bonds is 6. The Labute approximate surface area is 151 Å². The summed E-state index contributed by atoms with van der Waals surface area (Å²) in [5.74, 6) is 0.616. The van der Waals surface area contributed by atoms with Gasteiger partial charge in [-0.15, -0.1) is 0 Å². The van der Waals surface area contributed by atoms with Crippen LogP contribution in [0.15, 0.2) is 24.3 Å². The van der Waals surface area contributed by atoms with Crippen LogP contribution in [0.25, 0.3) is 0 Å². The number of benzene rings is 1. The molecule has 0 aliphatic carbocycles. The van der Waals surface area contributed by atoms with Crippen LogP contribution in [0.1, 0.15) is 39.3 Å². The molecule has 5 heteroatoms. The van der Waals surface area contributed by atoms with E-state index in [0.29, 0.717) is 12.0 Å². The van der Waals surface area contributed by atoms with Crippen molar-refractivity contribution in [2.75, 3.05) is 32.7 Å². The molecule has 2 rings (SSSR count). The molecular weight excluding hydrogens is 322 g/mol. The van der Waals surface area contributed by atoms with Gasteiger partial charge >= 0.3 is 0 Å². The summed E-state index contributed by atoms with van der Waals surface area (Å²) in [6, 6.07) is 8.28. The first-order valence-corrected chi connectivity index (χ1v) is 9.28. The van der Waals surface area contributed by atoms with E-state index in [0.717, 1.165) is 37.7 Å². The molecule has 1 aliphatic rings. The second-order valence-corrected chi connectivity index (χ2v) is 7.49. The van der Waals surface area contributed by atoms with Gasteiger partial charge in [0.25, 0.3) is 0 Å². The second kappa shape index (κ2) is 8.84. The maximum atomic E-state index is 12.2. The van der Waals surface area contributed by atoms with Crippen LogP contribution in [0.2, 0.25) is 5.02 Å². The molecule has 1 aromatic rings. The van der Waals surface area contributed by atoms with Gasteiger partial charge in [-0.1, -0.05) is 43.6 Å². The average Bonchev–Trinajstić information content (AvgIpc) is 2.59. The third kappa shape index (κ3) is 4.95. The highest BCUT2D eigenvalue weighted by Crippen LogP contribution is 2.27. The van der Waals surface area contributed by atoms with Gasteiger partial charge in [0, 0.05) is 43.8 Å². The van der Waals surface area contributed by atoms with Crippen LogP contribution in [0.5, 0.6) is 0 Å². The topological polar surface area (TPSA) is 35.6 Å². The van der Waals surface area contributed by atoms with Crippen molar-refractivity contribution >= 4 is 17.5 Å². The first-order valence-electron chi connectivity index (χ1n) is 8.90. The Morgan fingerprint density at radius 2 is 1.67 bits per heavy atom. The summed E-state index contributed by atoms with van der Waals surface area (Å²) in [6.07, 6.45) is 0. The lowest BCUT2D eigenvalue weighted by atomic mass is 10.1. The van der Waals surface area contributed by atoms with E-state index < -0.39 is 0 Å². The fraction of sp³-hybridized carbons (Fsp3) is 0.632. The average molecular weight is 352 g/mol. The minimum absolute atomic E-state index is 0.0680. The number of hydrogen-bond acceptors (Lipinski definition) is 3. The Bertz CT molecular complexity index is 541. The zero-order valence-electron chi connectivity index (χ0n) is 15.3. The van der Waals surface area contributed by atoms with Crippen molar-refractivity contribution in [3.8, 4) is 0 Å². The smallest absolute Gasteiger partial charge is 0.237 e. The molecule has 2 unspecified atom stereocenters. The summed E-state index contributed by atoms with van der Waals surface area (Å²) < 4.78 is 0. The van der Waals surface area contributed by atoms with E-state index in [4.69, 9.17) is 11.6 Å². The van der Waals surface area contributed by atoms with E-state index >= 15 is 0 Å². The largest absolute Gasteiger partial charge is 0.354 e. The van der Waals surface area contributed by atoms with Gasteiger partial charge in [0.2, 0.25) is 5.91 Å². The molecule has 1 aliphatic heterocycles. The van der Waals surface area contributed by atoms with Crippen LogP contribution in [0.4, 0.5) is 0 Å². The maximum Gasteiger partial charge on any atom is 0.237 e. The molecule has 1 fully saturated rings. The van der Waals surface area contributed by atoms with E-state index in [9.17, 15) is 4.79 Å². The Kier molecular flexibility index (Phi) is 7.08. The number of carbonyl (C=O) groups excluding carboxylic acids is 1. The number of piperazine rings is 1. The summed E-state index contributed by atoms with van der Waals surface area (Å²) >= 11 is 6.33. The minimum Gasteiger partial charge on any atom is -0.354 e. The quantitative estimate of drug-likeness (QED) is 0.855. The lowest BCUT2D eigenvalue weighted by Crippen LogP contribution is -2.54. The number of carbonyl (C=O) groups is 1. The van der Waals surface area contributed by atoms with Crippen LogP contribution in [0.3, 0.4) is 0 Å². The predicted octanol–water partition coefficient (Wildman–Crippen LogP) is 3.18. The second-order valence-electron chi connectivity index (χ2n) is 7.08. The molecular formula is C19H30ClN3O. The summed E-state index contributed by atoms with van der Waals surface area (Å²) in [7, 11) is 0. The molecule has 0 saturated carbocycles. The van der Waals surface area contributed by atoms with Crippen molar-refractivity contribution in [2.24, 2.45) is 5.92 Å². The molecule has 1 heterocycles. The maximum absolute atomic E-state index is 12.2. The Morgan fingerprint density at radius 3 is 2.25 bits per heavy atom. The van der Waals surface area contributed by atoms with E-state index in [-0.39, 0.29) is 11.9 Å². The molecule has 134 valence electrons. The van der Waals surface area contributed by atoms with Gasteiger partial charge in [-0.05, 0) is 31.4 Å². The minimum atomic E-state index is -0.0680. The van der Waals surface area contributed by atoms with Gasteiger partial charge in [0.1, 0.15) is 0 Å². The van der Waals surface area contributed by atoms with Crippen LogP contribution in [-0.2, 0) is 4.79 Å². The molecule has 0 spiro atoms. The van der Waals surface area contributed by atoms with Crippen molar-refractivity contribution in [3.63, 3.8) is 0 Å². The third-order valence-corrected chi connectivity index (χ3v) is 5.21. The van der Waals surface area contributed by atoms with Gasteiger partial charge in [0.05, 0.1) is 6.04 Å². The zero-order valence-corrected chi connectivity index (χ0v) is 16.0. The van der Waals surface area contributed by atoms with Crippen LogP contribution < -0.4 is 5.32 Å². The molecule has 4 nitrogen and oxygen atoms in total. The summed E-state index contributed by atoms with van der Waals surface area (Å²) in [6.45, 7) is 12.9. The molecule has 1 saturated heterocycles. The number of nitrogens with zero attached hydrogens (tertiary/aromatic N) is 2. The van der Waals surface area contributed by atoms with Crippen LogP contribution in [-0.4, -0.2) is 54.5 Å². The highest BCUT2D eigenvalue weighted by molar-refractivity contribution is 6.31. The Balaban J connectivity index is 1.87.